The maximum atomic E-state index is 13.1. The number of halogens is 1. The topological polar surface area (TPSA) is 64.6 Å². The van der Waals surface area contributed by atoms with Crippen molar-refractivity contribution in [3.63, 3.8) is 0 Å². The van der Waals surface area contributed by atoms with E-state index in [1.807, 2.05) is 0 Å². The maximum absolute atomic E-state index is 13.1. The molecule has 18 heavy (non-hydrogen) atoms. The van der Waals surface area contributed by atoms with Gasteiger partial charge in [-0.3, -0.25) is 0 Å². The summed E-state index contributed by atoms with van der Waals surface area (Å²) >= 11 is 0. The van der Waals surface area contributed by atoms with Crippen molar-refractivity contribution >= 4 is 12.1 Å². The molecule has 1 aliphatic rings. The molecular formula is C12H12FNO4. The van der Waals surface area contributed by atoms with Gasteiger partial charge in [0.15, 0.2) is 0 Å². The van der Waals surface area contributed by atoms with E-state index in [0.717, 1.165) is 0 Å². The summed E-state index contributed by atoms with van der Waals surface area (Å²) in [6, 6.07) is 4.89. The highest BCUT2D eigenvalue weighted by molar-refractivity contribution is 5.83. The highest BCUT2D eigenvalue weighted by Crippen LogP contribution is 2.26. The van der Waals surface area contributed by atoms with E-state index >= 15 is 0 Å². The largest absolute Gasteiger partial charge is 0.463 e. The quantitative estimate of drug-likeness (QED) is 0.830. The molecule has 1 fully saturated rings. The smallest absolute Gasteiger partial charge is 0.408 e. The van der Waals surface area contributed by atoms with E-state index in [2.05, 4.69) is 5.32 Å². The fraction of sp³-hybridized carbons (Fsp3) is 0.333. The van der Waals surface area contributed by atoms with Crippen molar-refractivity contribution in [2.45, 2.75) is 19.1 Å². The lowest BCUT2D eigenvalue weighted by atomic mass is 10.0. The van der Waals surface area contributed by atoms with Gasteiger partial charge in [-0.25, -0.2) is 14.0 Å². The molecule has 2 rings (SSSR count). The number of rotatable bonds is 3. The van der Waals surface area contributed by atoms with E-state index in [0.29, 0.717) is 5.56 Å². The molecule has 1 aliphatic heterocycles. The molecule has 1 amide bonds. The Morgan fingerprint density at radius 2 is 2.33 bits per heavy atom. The first-order chi connectivity index (χ1) is 8.61. The number of ether oxygens (including phenoxy) is 2. The van der Waals surface area contributed by atoms with Gasteiger partial charge in [-0.05, 0) is 24.6 Å². The maximum Gasteiger partial charge on any atom is 0.408 e. The summed E-state index contributed by atoms with van der Waals surface area (Å²) in [7, 11) is 0. The second-order valence-electron chi connectivity index (χ2n) is 3.75. The van der Waals surface area contributed by atoms with Crippen molar-refractivity contribution in [1.82, 2.24) is 5.32 Å². The number of hydrogen-bond donors (Lipinski definition) is 1. The molecule has 2 atom stereocenters. The minimum atomic E-state index is -1.08. The summed E-state index contributed by atoms with van der Waals surface area (Å²) in [6.45, 7) is 1.84. The number of amides is 1. The number of esters is 1. The molecule has 1 N–H and O–H groups in total. The Hall–Kier alpha value is -2.11. The zero-order valence-electron chi connectivity index (χ0n) is 9.68. The van der Waals surface area contributed by atoms with E-state index in [1.54, 1.807) is 13.0 Å². The first kappa shape index (κ1) is 12.3. The van der Waals surface area contributed by atoms with E-state index in [9.17, 15) is 14.0 Å². The van der Waals surface area contributed by atoms with E-state index in [4.69, 9.17) is 9.47 Å². The summed E-state index contributed by atoms with van der Waals surface area (Å²) < 4.78 is 22.8. The van der Waals surface area contributed by atoms with Crippen LogP contribution in [-0.2, 0) is 14.3 Å². The molecule has 0 radical (unpaired) electrons. The van der Waals surface area contributed by atoms with Crippen LogP contribution in [0.2, 0.25) is 0 Å². The zero-order valence-corrected chi connectivity index (χ0v) is 9.68. The van der Waals surface area contributed by atoms with Gasteiger partial charge in [-0.2, -0.15) is 0 Å². The Morgan fingerprint density at radius 1 is 1.56 bits per heavy atom. The number of carbonyl (C=O) groups excluding carboxylic acids is 2. The van der Waals surface area contributed by atoms with Crippen LogP contribution in [0.4, 0.5) is 9.18 Å². The Morgan fingerprint density at radius 3 is 3.00 bits per heavy atom. The van der Waals surface area contributed by atoms with Gasteiger partial charge in [0.25, 0.3) is 0 Å². The number of cyclic esters (lactones) is 1. The highest BCUT2D eigenvalue weighted by Gasteiger charge is 2.41. The third-order valence-electron chi connectivity index (χ3n) is 2.54. The molecule has 6 heteroatoms. The summed E-state index contributed by atoms with van der Waals surface area (Å²) in [5.74, 6) is -1.10. The molecule has 1 aromatic rings. The van der Waals surface area contributed by atoms with E-state index in [1.165, 1.54) is 18.2 Å². The Labute approximate surface area is 103 Å². The zero-order chi connectivity index (χ0) is 13.1. The number of nitrogens with one attached hydrogen (secondary N) is 1. The average Bonchev–Trinajstić information content (AvgIpc) is 2.72. The lowest BCUT2D eigenvalue weighted by molar-refractivity contribution is -0.152. The molecule has 0 bridgehead atoms. The van der Waals surface area contributed by atoms with Gasteiger partial charge in [0, 0.05) is 0 Å². The van der Waals surface area contributed by atoms with Gasteiger partial charge in [0.05, 0.1) is 6.61 Å². The monoisotopic (exact) mass is 253 g/mol. The van der Waals surface area contributed by atoms with Crippen molar-refractivity contribution in [1.29, 1.82) is 0 Å². The molecule has 2 unspecified atom stereocenters. The van der Waals surface area contributed by atoms with Crippen LogP contribution in [0, 0.1) is 5.82 Å². The van der Waals surface area contributed by atoms with Crippen LogP contribution in [0.5, 0.6) is 0 Å². The SMILES string of the molecule is CCOC(=O)C1OC(=O)NC1c1cccc(F)c1. The van der Waals surface area contributed by atoms with Crippen LogP contribution >= 0.6 is 0 Å². The standard InChI is InChI=1S/C12H12FNO4/c1-2-17-11(15)10-9(14-12(16)18-10)7-4-3-5-8(13)6-7/h3-6,9-10H,2H2,1H3,(H,14,16). The van der Waals surface area contributed by atoms with Crippen LogP contribution in [0.25, 0.3) is 0 Å². The van der Waals surface area contributed by atoms with Crippen LogP contribution in [0.1, 0.15) is 18.5 Å². The lowest BCUT2D eigenvalue weighted by Crippen LogP contribution is -2.30. The predicted molar refractivity (Wildman–Crippen MR) is 59.2 cm³/mol. The molecule has 0 spiro atoms. The molecule has 1 heterocycles. The summed E-state index contributed by atoms with van der Waals surface area (Å²) in [6.07, 6.45) is -1.80. The van der Waals surface area contributed by atoms with Gasteiger partial charge >= 0.3 is 12.1 Å². The van der Waals surface area contributed by atoms with Crippen LogP contribution < -0.4 is 5.32 Å². The number of alkyl carbamates (subject to hydrolysis) is 1. The Bertz CT molecular complexity index is 477. The highest BCUT2D eigenvalue weighted by atomic mass is 19.1. The van der Waals surface area contributed by atoms with Crippen molar-refractivity contribution < 1.29 is 23.5 Å². The number of carbonyl (C=O) groups is 2. The molecule has 0 aliphatic carbocycles. The normalized spacial score (nSPS) is 22.2. The second-order valence-corrected chi connectivity index (χ2v) is 3.75. The summed E-state index contributed by atoms with van der Waals surface area (Å²) in [4.78, 5) is 22.8. The first-order valence-electron chi connectivity index (χ1n) is 5.51. The van der Waals surface area contributed by atoms with Gasteiger partial charge < -0.3 is 14.8 Å². The van der Waals surface area contributed by atoms with Crippen LogP contribution in [0.3, 0.4) is 0 Å². The predicted octanol–water partition coefficient (Wildman–Crippen LogP) is 1.54. The van der Waals surface area contributed by atoms with Crippen LogP contribution in [0.15, 0.2) is 24.3 Å². The van der Waals surface area contributed by atoms with Crippen molar-refractivity contribution in [2.75, 3.05) is 6.61 Å². The molecule has 5 nitrogen and oxygen atoms in total. The molecule has 1 aromatic carbocycles. The van der Waals surface area contributed by atoms with Crippen molar-refractivity contribution in [2.24, 2.45) is 0 Å². The fourth-order valence-electron chi connectivity index (χ4n) is 1.79. The second kappa shape index (κ2) is 5.03. The number of hydrogen-bond acceptors (Lipinski definition) is 4. The summed E-state index contributed by atoms with van der Waals surface area (Å²) in [5, 5.41) is 2.46. The van der Waals surface area contributed by atoms with E-state index < -0.39 is 30.0 Å². The van der Waals surface area contributed by atoms with Crippen LogP contribution in [-0.4, -0.2) is 24.8 Å². The molecule has 96 valence electrons. The minimum absolute atomic E-state index is 0.183. The van der Waals surface area contributed by atoms with Crippen molar-refractivity contribution in [3.8, 4) is 0 Å². The number of benzene rings is 1. The third-order valence-corrected chi connectivity index (χ3v) is 2.54. The van der Waals surface area contributed by atoms with E-state index in [-0.39, 0.29) is 6.61 Å². The van der Waals surface area contributed by atoms with Gasteiger partial charge in [0.1, 0.15) is 11.9 Å². The van der Waals surface area contributed by atoms with Gasteiger partial charge in [-0.1, -0.05) is 12.1 Å². The molecule has 0 saturated carbocycles. The Kier molecular flexibility index (Phi) is 3.45. The molecule has 0 aromatic heterocycles. The molecular weight excluding hydrogens is 241 g/mol. The third kappa shape index (κ3) is 2.42. The van der Waals surface area contributed by atoms with Crippen molar-refractivity contribution in [3.05, 3.63) is 35.6 Å². The van der Waals surface area contributed by atoms with Gasteiger partial charge in [0.2, 0.25) is 6.10 Å². The Balaban J connectivity index is 2.24. The summed E-state index contributed by atoms with van der Waals surface area (Å²) in [5.41, 5.74) is 0.457. The first-order valence-corrected chi connectivity index (χ1v) is 5.51. The lowest BCUT2D eigenvalue weighted by Gasteiger charge is -2.15. The van der Waals surface area contributed by atoms with Gasteiger partial charge in [-0.15, -0.1) is 0 Å². The average molecular weight is 253 g/mol. The fourth-order valence-corrected chi connectivity index (χ4v) is 1.79. The minimum Gasteiger partial charge on any atom is -0.463 e. The molecule has 1 saturated heterocycles.